The molecule has 2 N–H and O–H groups in total. The lowest BCUT2D eigenvalue weighted by Crippen LogP contribution is -1.97. The molecule has 1 aromatic heterocycles. The van der Waals surface area contributed by atoms with Crippen LogP contribution >= 0.6 is 0 Å². The van der Waals surface area contributed by atoms with Crippen molar-refractivity contribution in [2.75, 3.05) is 0 Å². The largest absolute Gasteiger partial charge is 0.481 e. The number of hydrogen-bond donors (Lipinski definition) is 2. The van der Waals surface area contributed by atoms with E-state index in [9.17, 15) is 4.79 Å². The SMILES string of the molecule is C=Cc1[nH]cc(CCC(=O)O)c1/C=C\C. The number of nitrogens with one attached hydrogen (secondary N) is 1. The molecule has 0 aliphatic rings. The second kappa shape index (κ2) is 5.20. The molecule has 0 amide bonds. The third-order valence-corrected chi connectivity index (χ3v) is 2.18. The quantitative estimate of drug-likeness (QED) is 0.776. The zero-order valence-corrected chi connectivity index (χ0v) is 8.79. The van der Waals surface area contributed by atoms with E-state index in [2.05, 4.69) is 11.6 Å². The Balaban J connectivity index is 2.91. The topological polar surface area (TPSA) is 53.1 Å². The minimum Gasteiger partial charge on any atom is -0.481 e. The number of carboxylic acids is 1. The number of rotatable bonds is 5. The van der Waals surface area contributed by atoms with Crippen LogP contribution in [0.2, 0.25) is 0 Å². The summed E-state index contributed by atoms with van der Waals surface area (Å²) in [6, 6.07) is 0. The fourth-order valence-corrected chi connectivity index (χ4v) is 1.47. The molecule has 1 heterocycles. The van der Waals surface area contributed by atoms with Crippen LogP contribution in [0.4, 0.5) is 0 Å². The zero-order chi connectivity index (χ0) is 11.3. The maximum Gasteiger partial charge on any atom is 0.303 e. The fourth-order valence-electron chi connectivity index (χ4n) is 1.47. The third kappa shape index (κ3) is 2.84. The summed E-state index contributed by atoms with van der Waals surface area (Å²) in [5.74, 6) is -0.775. The van der Waals surface area contributed by atoms with Crippen LogP contribution in [0.25, 0.3) is 12.2 Å². The Morgan fingerprint density at radius 3 is 2.93 bits per heavy atom. The minimum absolute atomic E-state index is 0.152. The lowest BCUT2D eigenvalue weighted by Gasteiger charge is -1.98. The predicted molar refractivity (Wildman–Crippen MR) is 61.5 cm³/mol. The number of carbonyl (C=O) groups is 1. The molecular formula is C12H15NO2. The van der Waals surface area contributed by atoms with E-state index in [1.54, 1.807) is 6.08 Å². The van der Waals surface area contributed by atoms with Gasteiger partial charge in [-0.25, -0.2) is 0 Å². The number of aliphatic carboxylic acids is 1. The Hall–Kier alpha value is -1.77. The summed E-state index contributed by atoms with van der Waals surface area (Å²) in [5, 5.41) is 8.61. The zero-order valence-electron chi connectivity index (χ0n) is 8.79. The lowest BCUT2D eigenvalue weighted by molar-refractivity contribution is -0.136. The first-order chi connectivity index (χ1) is 7.19. The maximum absolute atomic E-state index is 10.5. The van der Waals surface area contributed by atoms with Gasteiger partial charge in [0, 0.05) is 23.9 Å². The average Bonchev–Trinajstić information content (AvgIpc) is 2.58. The summed E-state index contributed by atoms with van der Waals surface area (Å²) < 4.78 is 0. The summed E-state index contributed by atoms with van der Waals surface area (Å²) in [6.07, 6.45) is 8.17. The number of hydrogen-bond acceptors (Lipinski definition) is 1. The predicted octanol–water partition coefficient (Wildman–Crippen LogP) is 2.71. The standard InChI is InChI=1S/C12H15NO2/c1-3-5-10-9(6-7-12(14)15)8-13-11(10)4-2/h3-5,8,13H,2,6-7H2,1H3,(H,14,15)/b5-3-. The lowest BCUT2D eigenvalue weighted by atomic mass is 10.1. The van der Waals surface area contributed by atoms with Crippen molar-refractivity contribution in [3.05, 3.63) is 35.7 Å². The Kier molecular flexibility index (Phi) is 3.92. The van der Waals surface area contributed by atoms with Crippen LogP contribution in [-0.2, 0) is 11.2 Å². The highest BCUT2D eigenvalue weighted by Crippen LogP contribution is 2.18. The first kappa shape index (κ1) is 11.3. The van der Waals surface area contributed by atoms with Gasteiger partial charge in [-0.05, 0) is 25.0 Å². The van der Waals surface area contributed by atoms with Crippen LogP contribution in [0.3, 0.4) is 0 Å². The fraction of sp³-hybridized carbons (Fsp3) is 0.250. The molecule has 0 fully saturated rings. The number of carboxylic acid groups (broad SMARTS) is 1. The summed E-state index contributed by atoms with van der Waals surface area (Å²) in [6.45, 7) is 5.63. The van der Waals surface area contributed by atoms with E-state index in [1.165, 1.54) is 0 Å². The van der Waals surface area contributed by atoms with Crippen molar-refractivity contribution < 1.29 is 9.90 Å². The number of allylic oxidation sites excluding steroid dienone is 1. The Labute approximate surface area is 89.1 Å². The van der Waals surface area contributed by atoms with Gasteiger partial charge in [0.25, 0.3) is 0 Å². The Bertz CT molecular complexity index is 388. The van der Waals surface area contributed by atoms with Crippen LogP contribution in [0.5, 0.6) is 0 Å². The van der Waals surface area contributed by atoms with Crippen molar-refractivity contribution in [3.8, 4) is 0 Å². The first-order valence-electron chi connectivity index (χ1n) is 4.86. The Morgan fingerprint density at radius 1 is 1.67 bits per heavy atom. The molecule has 80 valence electrons. The van der Waals surface area contributed by atoms with E-state index in [4.69, 9.17) is 5.11 Å². The third-order valence-electron chi connectivity index (χ3n) is 2.18. The molecule has 1 aromatic rings. The molecule has 0 unspecified atom stereocenters. The van der Waals surface area contributed by atoms with Crippen molar-refractivity contribution in [2.45, 2.75) is 19.8 Å². The monoisotopic (exact) mass is 205 g/mol. The summed E-state index contributed by atoms with van der Waals surface area (Å²) in [5.41, 5.74) is 2.99. The van der Waals surface area contributed by atoms with Gasteiger partial charge in [0.1, 0.15) is 0 Å². The van der Waals surface area contributed by atoms with E-state index < -0.39 is 5.97 Å². The highest BCUT2D eigenvalue weighted by molar-refractivity contribution is 5.69. The molecule has 0 atom stereocenters. The minimum atomic E-state index is -0.775. The van der Waals surface area contributed by atoms with E-state index in [-0.39, 0.29) is 6.42 Å². The van der Waals surface area contributed by atoms with Gasteiger partial charge >= 0.3 is 5.97 Å². The van der Waals surface area contributed by atoms with Gasteiger partial charge in [-0.3, -0.25) is 4.79 Å². The summed E-state index contributed by atoms with van der Waals surface area (Å²) in [4.78, 5) is 13.5. The first-order valence-corrected chi connectivity index (χ1v) is 4.86. The van der Waals surface area contributed by atoms with E-state index in [0.717, 1.165) is 16.8 Å². The van der Waals surface area contributed by atoms with Crippen LogP contribution in [0.15, 0.2) is 18.9 Å². The molecular weight excluding hydrogens is 190 g/mol. The van der Waals surface area contributed by atoms with Crippen LogP contribution in [0, 0.1) is 0 Å². The van der Waals surface area contributed by atoms with Gasteiger partial charge in [-0.1, -0.05) is 18.7 Å². The molecule has 0 saturated carbocycles. The molecule has 0 spiro atoms. The van der Waals surface area contributed by atoms with Gasteiger partial charge in [-0.2, -0.15) is 0 Å². The maximum atomic E-state index is 10.5. The smallest absolute Gasteiger partial charge is 0.303 e. The van der Waals surface area contributed by atoms with Crippen molar-refractivity contribution in [3.63, 3.8) is 0 Å². The molecule has 3 heteroatoms. The molecule has 0 radical (unpaired) electrons. The summed E-state index contributed by atoms with van der Waals surface area (Å²) in [7, 11) is 0. The normalized spacial score (nSPS) is 10.7. The second-order valence-corrected chi connectivity index (χ2v) is 3.24. The molecule has 0 aliphatic heterocycles. The molecule has 1 rings (SSSR count). The van der Waals surface area contributed by atoms with Crippen molar-refractivity contribution in [1.29, 1.82) is 0 Å². The van der Waals surface area contributed by atoms with Crippen LogP contribution in [-0.4, -0.2) is 16.1 Å². The van der Waals surface area contributed by atoms with E-state index >= 15 is 0 Å². The van der Waals surface area contributed by atoms with Crippen molar-refractivity contribution in [1.82, 2.24) is 4.98 Å². The molecule has 0 aliphatic carbocycles. The van der Waals surface area contributed by atoms with Crippen LogP contribution in [0.1, 0.15) is 30.2 Å². The second-order valence-electron chi connectivity index (χ2n) is 3.24. The van der Waals surface area contributed by atoms with Crippen LogP contribution < -0.4 is 0 Å². The molecule has 15 heavy (non-hydrogen) atoms. The van der Waals surface area contributed by atoms with Gasteiger partial charge in [0.2, 0.25) is 0 Å². The molecule has 0 aromatic carbocycles. The van der Waals surface area contributed by atoms with Gasteiger partial charge in [-0.15, -0.1) is 0 Å². The summed E-state index contributed by atoms with van der Waals surface area (Å²) >= 11 is 0. The molecule has 0 bridgehead atoms. The van der Waals surface area contributed by atoms with Crippen molar-refractivity contribution >= 4 is 18.1 Å². The van der Waals surface area contributed by atoms with E-state index in [0.29, 0.717) is 6.42 Å². The van der Waals surface area contributed by atoms with Crippen molar-refractivity contribution in [2.24, 2.45) is 0 Å². The average molecular weight is 205 g/mol. The van der Waals surface area contributed by atoms with Gasteiger partial charge in [0.05, 0.1) is 0 Å². The molecule has 3 nitrogen and oxygen atoms in total. The number of aromatic amines is 1. The van der Waals surface area contributed by atoms with Gasteiger partial charge in [0.15, 0.2) is 0 Å². The van der Waals surface area contributed by atoms with E-state index in [1.807, 2.05) is 25.3 Å². The highest BCUT2D eigenvalue weighted by atomic mass is 16.4. The molecule has 0 saturated heterocycles. The number of aryl methyl sites for hydroxylation is 1. The Morgan fingerprint density at radius 2 is 2.40 bits per heavy atom. The van der Waals surface area contributed by atoms with Gasteiger partial charge < -0.3 is 10.1 Å². The number of aromatic nitrogens is 1. The number of H-pyrrole nitrogens is 1. The highest BCUT2D eigenvalue weighted by Gasteiger charge is 2.07.